The summed E-state index contributed by atoms with van der Waals surface area (Å²) in [5.41, 5.74) is 6.57. The molecule has 130 valence electrons. The molecule has 7 heteroatoms. The second kappa shape index (κ2) is 8.10. The number of hydrogen-bond acceptors (Lipinski definition) is 5. The van der Waals surface area contributed by atoms with E-state index in [1.165, 1.54) is 11.6 Å². The summed E-state index contributed by atoms with van der Waals surface area (Å²) in [4.78, 5) is 24.8. The summed E-state index contributed by atoms with van der Waals surface area (Å²) < 4.78 is 2.52. The number of nitrogens with two attached hydrogens (primary N) is 1. The molecule has 1 atom stereocenters. The van der Waals surface area contributed by atoms with Crippen LogP contribution in [0.2, 0.25) is 0 Å². The van der Waals surface area contributed by atoms with Crippen molar-refractivity contribution in [1.29, 1.82) is 0 Å². The highest BCUT2D eigenvalue weighted by molar-refractivity contribution is 7.99. The van der Waals surface area contributed by atoms with E-state index >= 15 is 0 Å². The topological polar surface area (TPSA) is 82.0 Å². The molecule has 6 nitrogen and oxygen atoms in total. The molecule has 1 aromatic heterocycles. The Hall–Kier alpha value is -2.15. The Balaban J connectivity index is 2.34. The minimum absolute atomic E-state index is 0.184. The van der Waals surface area contributed by atoms with Crippen LogP contribution in [-0.4, -0.2) is 27.2 Å². The third-order valence-corrected chi connectivity index (χ3v) is 5.06. The number of thioether (sulfide) groups is 1. The number of nitrogen functional groups attached to an aromatic ring is 1. The van der Waals surface area contributed by atoms with Crippen molar-refractivity contribution in [3.05, 3.63) is 56.7 Å². The first-order chi connectivity index (χ1) is 11.5. The van der Waals surface area contributed by atoms with Gasteiger partial charge >= 0.3 is 5.69 Å². The Bertz CT molecular complexity index is 799. The van der Waals surface area contributed by atoms with E-state index in [4.69, 9.17) is 5.73 Å². The highest BCUT2D eigenvalue weighted by Gasteiger charge is 2.15. The molecule has 1 heterocycles. The fourth-order valence-electron chi connectivity index (χ4n) is 2.39. The van der Waals surface area contributed by atoms with Gasteiger partial charge in [0, 0.05) is 18.8 Å². The summed E-state index contributed by atoms with van der Waals surface area (Å²) in [6, 6.07) is 9.56. The van der Waals surface area contributed by atoms with E-state index in [1.54, 1.807) is 11.8 Å². The third-order valence-electron chi connectivity index (χ3n) is 4.02. The van der Waals surface area contributed by atoms with Gasteiger partial charge in [0.1, 0.15) is 11.5 Å². The van der Waals surface area contributed by atoms with Crippen molar-refractivity contribution >= 4 is 23.3 Å². The third kappa shape index (κ3) is 4.03. The summed E-state index contributed by atoms with van der Waals surface area (Å²) in [7, 11) is 1.47. The van der Waals surface area contributed by atoms with Gasteiger partial charge in [-0.05, 0) is 18.2 Å². The molecule has 0 saturated carbocycles. The monoisotopic (exact) mass is 348 g/mol. The molecule has 0 spiro atoms. The smallest absolute Gasteiger partial charge is 0.332 e. The molecule has 0 fully saturated rings. The van der Waals surface area contributed by atoms with Crippen LogP contribution in [-0.2, 0) is 13.6 Å². The standard InChI is InChI=1S/C17H24N4O2S/c1-12(24-3)9-10-19-14-15(18)21(17(23)20(2)16(14)22)11-13-7-5-4-6-8-13/h4-8,12,19H,9-11,18H2,1-3H3. The molecule has 3 N–H and O–H groups in total. The normalized spacial score (nSPS) is 12.1. The van der Waals surface area contributed by atoms with Crippen molar-refractivity contribution in [2.75, 3.05) is 23.9 Å². The highest BCUT2D eigenvalue weighted by atomic mass is 32.2. The molecule has 1 unspecified atom stereocenters. The SMILES string of the molecule is CSC(C)CCNc1c(N)n(Cc2ccccc2)c(=O)n(C)c1=O. The quantitative estimate of drug-likeness (QED) is 0.796. The van der Waals surface area contributed by atoms with E-state index in [0.29, 0.717) is 24.0 Å². The van der Waals surface area contributed by atoms with Crippen molar-refractivity contribution in [2.24, 2.45) is 7.05 Å². The summed E-state index contributed by atoms with van der Waals surface area (Å²) >= 11 is 1.77. The molecule has 0 aliphatic rings. The lowest BCUT2D eigenvalue weighted by Gasteiger charge is -2.17. The zero-order valence-electron chi connectivity index (χ0n) is 14.3. The van der Waals surface area contributed by atoms with Gasteiger partial charge in [-0.25, -0.2) is 4.79 Å². The highest BCUT2D eigenvalue weighted by Crippen LogP contribution is 2.14. The fraction of sp³-hybridized carbons (Fsp3) is 0.412. The van der Waals surface area contributed by atoms with Crippen LogP contribution in [0.3, 0.4) is 0 Å². The predicted molar refractivity (Wildman–Crippen MR) is 102 cm³/mol. The van der Waals surface area contributed by atoms with Crippen LogP contribution in [0.25, 0.3) is 0 Å². The van der Waals surface area contributed by atoms with Crippen LogP contribution in [0.4, 0.5) is 11.5 Å². The number of anilines is 2. The van der Waals surface area contributed by atoms with Crippen LogP contribution >= 0.6 is 11.8 Å². The Labute approximate surface area is 145 Å². The predicted octanol–water partition coefficient (Wildman–Crippen LogP) is 1.73. The average molecular weight is 348 g/mol. The van der Waals surface area contributed by atoms with Crippen molar-refractivity contribution < 1.29 is 0 Å². The molecule has 0 aliphatic carbocycles. The second-order valence-corrected chi connectivity index (χ2v) is 7.02. The number of aromatic nitrogens is 2. The molecule has 2 rings (SSSR count). The summed E-state index contributed by atoms with van der Waals surface area (Å²) in [6.45, 7) is 3.09. The number of rotatable bonds is 7. The fourth-order valence-corrected chi connectivity index (χ4v) is 2.74. The summed E-state index contributed by atoms with van der Waals surface area (Å²) in [6.07, 6.45) is 2.96. The molecule has 0 bridgehead atoms. The van der Waals surface area contributed by atoms with E-state index in [1.807, 2.05) is 30.3 Å². The second-order valence-electron chi connectivity index (χ2n) is 5.74. The van der Waals surface area contributed by atoms with Crippen molar-refractivity contribution in [1.82, 2.24) is 9.13 Å². The van der Waals surface area contributed by atoms with Crippen molar-refractivity contribution in [3.63, 3.8) is 0 Å². The molecule has 0 radical (unpaired) electrons. The Morgan fingerprint density at radius 1 is 1.25 bits per heavy atom. The molecule has 0 aliphatic heterocycles. The van der Waals surface area contributed by atoms with Gasteiger partial charge in [-0.3, -0.25) is 13.9 Å². The first-order valence-corrected chi connectivity index (χ1v) is 9.14. The first-order valence-electron chi connectivity index (χ1n) is 7.85. The van der Waals surface area contributed by atoms with Gasteiger partial charge in [-0.15, -0.1) is 0 Å². The van der Waals surface area contributed by atoms with Crippen LogP contribution in [0, 0.1) is 0 Å². The number of nitrogens with zero attached hydrogens (tertiary/aromatic N) is 2. The lowest BCUT2D eigenvalue weighted by atomic mass is 10.2. The van der Waals surface area contributed by atoms with Crippen LogP contribution in [0.5, 0.6) is 0 Å². The van der Waals surface area contributed by atoms with Gasteiger partial charge in [0.15, 0.2) is 0 Å². The lowest BCUT2D eigenvalue weighted by Crippen LogP contribution is -2.41. The Morgan fingerprint density at radius 2 is 1.92 bits per heavy atom. The lowest BCUT2D eigenvalue weighted by molar-refractivity contribution is 0.655. The first kappa shape index (κ1) is 18.2. The Morgan fingerprint density at radius 3 is 2.54 bits per heavy atom. The molecular formula is C17H24N4O2S. The van der Waals surface area contributed by atoms with Gasteiger partial charge in [-0.2, -0.15) is 11.8 Å². The van der Waals surface area contributed by atoms with E-state index in [0.717, 1.165) is 16.6 Å². The van der Waals surface area contributed by atoms with E-state index in [2.05, 4.69) is 18.5 Å². The molecule has 2 aromatic rings. The number of nitrogens with one attached hydrogen (secondary N) is 1. The average Bonchev–Trinajstić information content (AvgIpc) is 2.60. The molecule has 1 aromatic carbocycles. The largest absolute Gasteiger partial charge is 0.383 e. The van der Waals surface area contributed by atoms with Gasteiger partial charge in [0.25, 0.3) is 5.56 Å². The van der Waals surface area contributed by atoms with Gasteiger partial charge in [0.2, 0.25) is 0 Å². The van der Waals surface area contributed by atoms with Gasteiger partial charge in [0.05, 0.1) is 6.54 Å². The van der Waals surface area contributed by atoms with Crippen molar-refractivity contribution in [3.8, 4) is 0 Å². The molecule has 24 heavy (non-hydrogen) atoms. The van der Waals surface area contributed by atoms with Gasteiger partial charge in [-0.1, -0.05) is 37.3 Å². The minimum atomic E-state index is -0.413. The van der Waals surface area contributed by atoms with Crippen LogP contribution in [0.15, 0.2) is 39.9 Å². The molecule has 0 saturated heterocycles. The van der Waals surface area contributed by atoms with Gasteiger partial charge < -0.3 is 11.1 Å². The maximum atomic E-state index is 12.4. The van der Waals surface area contributed by atoms with Crippen LogP contribution < -0.4 is 22.3 Å². The zero-order chi connectivity index (χ0) is 17.7. The summed E-state index contributed by atoms with van der Waals surface area (Å²) in [5.74, 6) is 0.184. The van der Waals surface area contributed by atoms with E-state index in [9.17, 15) is 9.59 Å². The minimum Gasteiger partial charge on any atom is -0.383 e. The zero-order valence-corrected chi connectivity index (χ0v) is 15.1. The maximum Gasteiger partial charge on any atom is 0.332 e. The van der Waals surface area contributed by atoms with E-state index < -0.39 is 11.2 Å². The number of benzene rings is 1. The van der Waals surface area contributed by atoms with Crippen molar-refractivity contribution in [2.45, 2.75) is 25.1 Å². The van der Waals surface area contributed by atoms with Crippen LogP contribution in [0.1, 0.15) is 18.9 Å². The molecule has 0 amide bonds. The number of hydrogen-bond donors (Lipinski definition) is 2. The Kier molecular flexibility index (Phi) is 6.14. The summed E-state index contributed by atoms with van der Waals surface area (Å²) in [5, 5.41) is 3.59. The maximum absolute atomic E-state index is 12.4. The van der Waals surface area contributed by atoms with E-state index in [-0.39, 0.29) is 5.82 Å². The molecular weight excluding hydrogens is 324 g/mol.